The fourth-order valence-electron chi connectivity index (χ4n) is 2.56. The van der Waals surface area contributed by atoms with Crippen molar-refractivity contribution in [1.29, 1.82) is 0 Å². The van der Waals surface area contributed by atoms with Crippen molar-refractivity contribution in [1.82, 2.24) is 5.48 Å². The van der Waals surface area contributed by atoms with Crippen molar-refractivity contribution in [3.63, 3.8) is 0 Å². The number of allylic oxidation sites excluding steroid dienone is 2. The zero-order valence-corrected chi connectivity index (χ0v) is 13.8. The number of nitrogens with one attached hydrogen (secondary N) is 1. The molecule has 22 heavy (non-hydrogen) atoms. The van der Waals surface area contributed by atoms with E-state index in [0.29, 0.717) is 0 Å². The van der Waals surface area contributed by atoms with Crippen LogP contribution in [0.15, 0.2) is 47.0 Å². The third-order valence-corrected chi connectivity index (χ3v) is 5.01. The van der Waals surface area contributed by atoms with Crippen LogP contribution in [0.1, 0.15) is 57.8 Å². The fourth-order valence-corrected chi connectivity index (χ4v) is 3.36. The first kappa shape index (κ1) is 17.0. The van der Waals surface area contributed by atoms with Crippen molar-refractivity contribution >= 4 is 10.1 Å². The van der Waals surface area contributed by atoms with Gasteiger partial charge in [-0.05, 0) is 37.8 Å². The summed E-state index contributed by atoms with van der Waals surface area (Å²) in [6.45, 7) is 0. The minimum atomic E-state index is -3.76. The summed E-state index contributed by atoms with van der Waals surface area (Å²) in [7, 11) is -3.76. The van der Waals surface area contributed by atoms with Crippen LogP contribution in [0.25, 0.3) is 0 Å². The lowest BCUT2D eigenvalue weighted by Crippen LogP contribution is -2.20. The average Bonchev–Trinajstić information content (AvgIpc) is 2.59. The van der Waals surface area contributed by atoms with Gasteiger partial charge in [-0.2, -0.15) is 8.42 Å². The summed E-state index contributed by atoms with van der Waals surface area (Å²) in [6.07, 6.45) is 12.4. The molecular formula is C17H25NO3S. The maximum absolute atomic E-state index is 12.1. The molecule has 1 aliphatic carbocycles. The molecule has 0 radical (unpaired) electrons. The average molecular weight is 323 g/mol. The van der Waals surface area contributed by atoms with E-state index in [9.17, 15) is 8.42 Å². The lowest BCUT2D eigenvalue weighted by Gasteiger charge is -2.11. The second-order valence-corrected chi connectivity index (χ2v) is 7.24. The first-order chi connectivity index (χ1) is 10.7. The first-order valence-corrected chi connectivity index (χ1v) is 9.53. The topological polar surface area (TPSA) is 55.4 Å². The van der Waals surface area contributed by atoms with Crippen LogP contribution in [0.5, 0.6) is 0 Å². The number of hydroxylamine groups is 1. The Morgan fingerprint density at radius 2 is 1.50 bits per heavy atom. The molecule has 1 aromatic rings. The van der Waals surface area contributed by atoms with Gasteiger partial charge in [-0.25, -0.2) is 0 Å². The Balaban J connectivity index is 1.93. The van der Waals surface area contributed by atoms with Crippen LogP contribution in [-0.4, -0.2) is 8.42 Å². The van der Waals surface area contributed by atoms with Crippen molar-refractivity contribution < 1.29 is 12.7 Å². The predicted molar refractivity (Wildman–Crippen MR) is 87.5 cm³/mol. The molecule has 0 bridgehead atoms. The molecule has 0 fully saturated rings. The number of hydrogen-bond donors (Lipinski definition) is 1. The normalized spacial score (nSPS) is 18.1. The summed E-state index contributed by atoms with van der Waals surface area (Å²) in [6, 6.07) is 8.20. The van der Waals surface area contributed by atoms with Gasteiger partial charge in [-0.15, -0.1) is 4.28 Å². The van der Waals surface area contributed by atoms with Gasteiger partial charge in [0.25, 0.3) is 0 Å². The van der Waals surface area contributed by atoms with Crippen molar-refractivity contribution in [2.75, 3.05) is 0 Å². The largest absolute Gasteiger partial charge is 0.317 e. The van der Waals surface area contributed by atoms with E-state index in [1.165, 1.54) is 44.2 Å². The fraction of sp³-hybridized carbons (Fsp3) is 0.529. The van der Waals surface area contributed by atoms with E-state index in [2.05, 4.69) is 11.6 Å². The Bertz CT molecular complexity index is 567. The summed E-state index contributed by atoms with van der Waals surface area (Å²) < 4.78 is 29.2. The van der Waals surface area contributed by atoms with Crippen LogP contribution < -0.4 is 5.48 Å². The molecule has 0 saturated heterocycles. The van der Waals surface area contributed by atoms with Gasteiger partial charge in [-0.1, -0.05) is 56.4 Å². The van der Waals surface area contributed by atoms with E-state index in [4.69, 9.17) is 4.28 Å². The SMILES string of the molecule is O=S(=O)(ONC1=CCCCCCCCCC1)c1ccccc1. The molecule has 1 aromatic carbocycles. The molecule has 0 unspecified atom stereocenters. The lowest BCUT2D eigenvalue weighted by molar-refractivity contribution is 0.230. The molecule has 0 atom stereocenters. The van der Waals surface area contributed by atoms with Gasteiger partial charge in [-0.3, -0.25) is 5.48 Å². The Labute approximate surface area is 133 Å². The van der Waals surface area contributed by atoms with Crippen molar-refractivity contribution in [3.05, 3.63) is 42.1 Å². The summed E-state index contributed by atoms with van der Waals surface area (Å²) in [5, 5.41) is 0. The predicted octanol–water partition coefficient (Wildman–Crippen LogP) is 4.30. The van der Waals surface area contributed by atoms with Gasteiger partial charge in [0, 0.05) is 5.70 Å². The molecule has 2 rings (SSSR count). The smallest absolute Gasteiger partial charge is 0.254 e. The minimum absolute atomic E-state index is 0.166. The number of hydrogen-bond acceptors (Lipinski definition) is 4. The highest BCUT2D eigenvalue weighted by Gasteiger charge is 2.15. The summed E-state index contributed by atoms with van der Waals surface area (Å²) in [4.78, 5) is 0.166. The van der Waals surface area contributed by atoms with Crippen LogP contribution in [0.3, 0.4) is 0 Å². The Kier molecular flexibility index (Phi) is 6.93. The minimum Gasteiger partial charge on any atom is -0.254 e. The van der Waals surface area contributed by atoms with Gasteiger partial charge in [0.05, 0.1) is 4.90 Å². The van der Waals surface area contributed by atoms with Gasteiger partial charge in [0.2, 0.25) is 0 Å². The van der Waals surface area contributed by atoms with Crippen LogP contribution in [0.2, 0.25) is 0 Å². The van der Waals surface area contributed by atoms with Crippen LogP contribution in [0, 0.1) is 0 Å². The summed E-state index contributed by atoms with van der Waals surface area (Å²) in [5.74, 6) is 0. The van der Waals surface area contributed by atoms with E-state index in [-0.39, 0.29) is 4.90 Å². The summed E-state index contributed by atoms with van der Waals surface area (Å²) in [5.41, 5.74) is 3.55. The first-order valence-electron chi connectivity index (χ1n) is 8.12. The van der Waals surface area contributed by atoms with Crippen molar-refractivity contribution in [2.24, 2.45) is 0 Å². The molecule has 1 N–H and O–H groups in total. The molecule has 1 aliphatic rings. The molecule has 0 spiro atoms. The van der Waals surface area contributed by atoms with Gasteiger partial charge < -0.3 is 0 Å². The van der Waals surface area contributed by atoms with E-state index >= 15 is 0 Å². The molecular weight excluding hydrogens is 298 g/mol. The van der Waals surface area contributed by atoms with E-state index in [1.807, 2.05) is 0 Å². The zero-order chi connectivity index (χ0) is 15.7. The highest BCUT2D eigenvalue weighted by molar-refractivity contribution is 7.86. The number of rotatable bonds is 4. The summed E-state index contributed by atoms with van der Waals surface area (Å²) >= 11 is 0. The third-order valence-electron chi connectivity index (χ3n) is 3.86. The quantitative estimate of drug-likeness (QED) is 0.839. The molecule has 0 aliphatic heterocycles. The monoisotopic (exact) mass is 323 g/mol. The van der Waals surface area contributed by atoms with Gasteiger partial charge >= 0.3 is 10.1 Å². The Morgan fingerprint density at radius 1 is 0.864 bits per heavy atom. The highest BCUT2D eigenvalue weighted by Crippen LogP contribution is 2.17. The van der Waals surface area contributed by atoms with Crippen molar-refractivity contribution in [2.45, 2.75) is 62.7 Å². The molecule has 4 nitrogen and oxygen atoms in total. The second kappa shape index (κ2) is 8.96. The van der Waals surface area contributed by atoms with Crippen molar-refractivity contribution in [3.8, 4) is 0 Å². The zero-order valence-electron chi connectivity index (χ0n) is 13.0. The van der Waals surface area contributed by atoms with Crippen LogP contribution in [0.4, 0.5) is 0 Å². The lowest BCUT2D eigenvalue weighted by atomic mass is 10.1. The maximum atomic E-state index is 12.1. The standard InChI is InChI=1S/C17H25NO3S/c19-22(20,17-14-10-7-11-15-17)21-18-16-12-8-5-3-1-2-4-6-9-13-16/h7,10-12,14-15,18H,1-6,8-9,13H2. The van der Waals surface area contributed by atoms with E-state index < -0.39 is 10.1 Å². The molecule has 122 valence electrons. The maximum Gasteiger partial charge on any atom is 0.317 e. The Hall–Kier alpha value is -1.33. The molecule has 0 amide bonds. The van der Waals surface area contributed by atoms with E-state index in [1.54, 1.807) is 18.2 Å². The molecule has 5 heteroatoms. The highest BCUT2D eigenvalue weighted by atomic mass is 32.2. The third kappa shape index (κ3) is 5.81. The molecule has 0 aromatic heterocycles. The molecule has 0 heterocycles. The van der Waals surface area contributed by atoms with Crippen LogP contribution in [-0.2, 0) is 14.4 Å². The molecule has 0 saturated carbocycles. The van der Waals surface area contributed by atoms with E-state index in [0.717, 1.165) is 31.4 Å². The van der Waals surface area contributed by atoms with Gasteiger partial charge in [0.1, 0.15) is 0 Å². The Morgan fingerprint density at radius 3 is 2.23 bits per heavy atom. The van der Waals surface area contributed by atoms with Crippen LogP contribution >= 0.6 is 0 Å². The number of benzene rings is 1. The second-order valence-electron chi connectivity index (χ2n) is 5.70. The van der Waals surface area contributed by atoms with Gasteiger partial charge in [0.15, 0.2) is 0 Å².